The van der Waals surface area contributed by atoms with Crippen molar-refractivity contribution in [2.24, 2.45) is 17.0 Å². The maximum atomic E-state index is 13.1. The fourth-order valence-electron chi connectivity index (χ4n) is 3.91. The van der Waals surface area contributed by atoms with Crippen LogP contribution in [0.1, 0.15) is 38.2 Å². The van der Waals surface area contributed by atoms with Gasteiger partial charge in [0.25, 0.3) is 0 Å². The molecular weight excluding hydrogens is 332 g/mol. The molecule has 1 unspecified atom stereocenters. The van der Waals surface area contributed by atoms with Crippen LogP contribution in [-0.2, 0) is 16.0 Å². The van der Waals surface area contributed by atoms with E-state index in [4.69, 9.17) is 10.3 Å². The predicted molar refractivity (Wildman–Crippen MR) is 96.2 cm³/mol. The fourth-order valence-corrected chi connectivity index (χ4v) is 3.91. The Morgan fingerprint density at radius 3 is 2.65 bits per heavy atom. The maximum absolute atomic E-state index is 13.1. The number of carbonyl (C=O) groups is 2. The van der Waals surface area contributed by atoms with Crippen LogP contribution >= 0.6 is 0 Å². The zero-order valence-electron chi connectivity index (χ0n) is 15.0. The molecule has 0 bridgehead atoms. The van der Waals surface area contributed by atoms with Crippen molar-refractivity contribution in [3.8, 4) is 0 Å². The van der Waals surface area contributed by atoms with Gasteiger partial charge in [0.1, 0.15) is 12.6 Å². The van der Waals surface area contributed by atoms with Gasteiger partial charge in [-0.05, 0) is 42.2 Å². The molecule has 2 fully saturated rings. The number of hydrogen-bond acceptors (Lipinski definition) is 4. The number of imide groups is 1. The highest BCUT2D eigenvalue weighted by atomic mass is 16.6. The van der Waals surface area contributed by atoms with Crippen LogP contribution in [-0.4, -0.2) is 35.6 Å². The summed E-state index contributed by atoms with van der Waals surface area (Å²) in [7, 11) is 0. The minimum absolute atomic E-state index is 0.0135. The lowest BCUT2D eigenvalue weighted by molar-refractivity contribution is -0.132. The Kier molecular flexibility index (Phi) is 5.78. The second-order valence-corrected chi connectivity index (χ2v) is 7.30. The standard InChI is InChI=1S/C19H24N4O3/c1-13-7-9-15(10-8-13)17(21-22-20)18(24)23-16(12-26-19(23)25)11-14-5-3-2-4-6-14/h2-6,13,15-17H,7-12H2,1H3/t13?,15?,16-,17?/m0/s1. The summed E-state index contributed by atoms with van der Waals surface area (Å²) < 4.78 is 5.14. The van der Waals surface area contributed by atoms with Gasteiger partial charge in [-0.3, -0.25) is 4.79 Å². The van der Waals surface area contributed by atoms with E-state index in [0.29, 0.717) is 12.3 Å². The molecule has 7 heteroatoms. The van der Waals surface area contributed by atoms with E-state index in [9.17, 15) is 9.59 Å². The summed E-state index contributed by atoms with van der Waals surface area (Å²) in [5.41, 5.74) is 9.98. The second kappa shape index (κ2) is 8.23. The lowest BCUT2D eigenvalue weighted by atomic mass is 9.79. The Balaban J connectivity index is 1.77. The van der Waals surface area contributed by atoms with Gasteiger partial charge in [0.2, 0.25) is 5.91 Å². The molecule has 1 aromatic carbocycles. The molecule has 1 saturated heterocycles. The van der Waals surface area contributed by atoms with Gasteiger partial charge in [0.15, 0.2) is 0 Å². The largest absolute Gasteiger partial charge is 0.447 e. The van der Waals surface area contributed by atoms with Crippen LogP contribution in [0.15, 0.2) is 35.4 Å². The minimum atomic E-state index is -0.837. The van der Waals surface area contributed by atoms with Crippen LogP contribution in [0.5, 0.6) is 0 Å². The molecule has 2 amide bonds. The lowest BCUT2D eigenvalue weighted by Gasteiger charge is -2.32. The predicted octanol–water partition coefficient (Wildman–Crippen LogP) is 4.08. The van der Waals surface area contributed by atoms with Crippen LogP contribution in [0, 0.1) is 11.8 Å². The summed E-state index contributed by atoms with van der Waals surface area (Å²) in [4.78, 5) is 29.3. The molecule has 0 radical (unpaired) electrons. The van der Waals surface area contributed by atoms with Crippen molar-refractivity contribution in [1.29, 1.82) is 0 Å². The van der Waals surface area contributed by atoms with E-state index in [0.717, 1.165) is 31.2 Å². The van der Waals surface area contributed by atoms with Crippen molar-refractivity contribution in [2.75, 3.05) is 6.61 Å². The monoisotopic (exact) mass is 356 g/mol. The number of cyclic esters (lactones) is 1. The second-order valence-electron chi connectivity index (χ2n) is 7.30. The van der Waals surface area contributed by atoms with Gasteiger partial charge in [0, 0.05) is 4.91 Å². The van der Waals surface area contributed by atoms with E-state index in [2.05, 4.69) is 16.9 Å². The third kappa shape index (κ3) is 3.99. The highest BCUT2D eigenvalue weighted by Gasteiger charge is 2.43. The molecule has 0 spiro atoms. The summed E-state index contributed by atoms with van der Waals surface area (Å²) in [5, 5.41) is 3.77. The topological polar surface area (TPSA) is 95.4 Å². The molecule has 1 saturated carbocycles. The first-order valence-corrected chi connectivity index (χ1v) is 9.18. The first-order valence-electron chi connectivity index (χ1n) is 9.18. The number of rotatable bonds is 5. The molecule has 1 aliphatic heterocycles. The smallest absolute Gasteiger partial charge is 0.416 e. The molecule has 0 aromatic heterocycles. The molecule has 1 aliphatic carbocycles. The van der Waals surface area contributed by atoms with Crippen molar-refractivity contribution in [3.63, 3.8) is 0 Å². The molecule has 7 nitrogen and oxygen atoms in total. The molecule has 2 atom stereocenters. The molecule has 1 aromatic rings. The van der Waals surface area contributed by atoms with Crippen LogP contribution in [0.3, 0.4) is 0 Å². The molecule has 3 rings (SSSR count). The number of ether oxygens (including phenoxy) is 1. The van der Waals surface area contributed by atoms with Gasteiger partial charge < -0.3 is 4.74 Å². The summed E-state index contributed by atoms with van der Waals surface area (Å²) in [6.45, 7) is 2.36. The Hall–Kier alpha value is -2.53. The molecule has 0 N–H and O–H groups in total. The van der Waals surface area contributed by atoms with Crippen LogP contribution in [0.2, 0.25) is 0 Å². The fraction of sp³-hybridized carbons (Fsp3) is 0.579. The third-order valence-corrected chi connectivity index (χ3v) is 5.45. The van der Waals surface area contributed by atoms with Gasteiger partial charge in [-0.2, -0.15) is 0 Å². The van der Waals surface area contributed by atoms with E-state index in [1.165, 1.54) is 4.90 Å². The van der Waals surface area contributed by atoms with Crippen molar-refractivity contribution in [1.82, 2.24) is 4.90 Å². The Morgan fingerprint density at radius 1 is 1.31 bits per heavy atom. The first kappa shape index (κ1) is 18.3. The number of azide groups is 1. The van der Waals surface area contributed by atoms with E-state index in [-0.39, 0.29) is 18.6 Å². The highest BCUT2D eigenvalue weighted by Crippen LogP contribution is 2.33. The number of benzene rings is 1. The highest BCUT2D eigenvalue weighted by molar-refractivity contribution is 5.96. The Bertz CT molecular complexity index is 694. The quantitative estimate of drug-likeness (QED) is 0.452. The van der Waals surface area contributed by atoms with Gasteiger partial charge in [-0.1, -0.05) is 55.2 Å². The molecule has 26 heavy (non-hydrogen) atoms. The minimum Gasteiger partial charge on any atom is -0.447 e. The zero-order valence-corrected chi connectivity index (χ0v) is 15.0. The number of hydrogen-bond donors (Lipinski definition) is 0. The molecule has 138 valence electrons. The summed E-state index contributed by atoms with van der Waals surface area (Å²) in [6, 6.07) is 8.48. The van der Waals surface area contributed by atoms with Crippen LogP contribution in [0.4, 0.5) is 4.79 Å². The normalized spacial score (nSPS) is 26.7. The van der Waals surface area contributed by atoms with Crippen molar-refractivity contribution in [3.05, 3.63) is 46.3 Å². The van der Waals surface area contributed by atoms with Crippen LogP contribution < -0.4 is 0 Å². The van der Waals surface area contributed by atoms with Crippen molar-refractivity contribution >= 4 is 12.0 Å². The van der Waals surface area contributed by atoms with Gasteiger partial charge in [-0.25, -0.2) is 9.69 Å². The molecular formula is C19H24N4O3. The number of carbonyl (C=O) groups excluding carboxylic acids is 2. The SMILES string of the molecule is CC1CCC(C(N=[N+]=[N-])C(=O)N2C(=O)OC[C@@H]2Cc2ccccc2)CC1. The lowest BCUT2D eigenvalue weighted by Crippen LogP contribution is -2.47. The molecule has 1 heterocycles. The maximum Gasteiger partial charge on any atom is 0.416 e. The first-order chi connectivity index (χ1) is 12.6. The third-order valence-electron chi connectivity index (χ3n) is 5.45. The van der Waals surface area contributed by atoms with Gasteiger partial charge in [-0.15, -0.1) is 0 Å². The summed E-state index contributed by atoms with van der Waals surface area (Å²) >= 11 is 0. The zero-order chi connectivity index (χ0) is 18.5. The van der Waals surface area contributed by atoms with E-state index in [1.54, 1.807) is 0 Å². The molecule has 2 aliphatic rings. The Morgan fingerprint density at radius 2 is 2.00 bits per heavy atom. The van der Waals surface area contributed by atoms with E-state index < -0.39 is 18.0 Å². The van der Waals surface area contributed by atoms with Crippen LogP contribution in [0.25, 0.3) is 10.4 Å². The number of amides is 2. The van der Waals surface area contributed by atoms with Gasteiger partial charge in [0.05, 0.1) is 6.04 Å². The Labute approximate surface area is 152 Å². The number of nitrogens with zero attached hydrogens (tertiary/aromatic N) is 4. The van der Waals surface area contributed by atoms with Crippen molar-refractivity contribution < 1.29 is 14.3 Å². The average molecular weight is 356 g/mol. The van der Waals surface area contributed by atoms with E-state index >= 15 is 0 Å². The summed E-state index contributed by atoms with van der Waals surface area (Å²) in [5.74, 6) is 0.182. The average Bonchev–Trinajstić information content (AvgIpc) is 3.01. The summed E-state index contributed by atoms with van der Waals surface area (Å²) in [6.07, 6.45) is 3.58. The van der Waals surface area contributed by atoms with Crippen molar-refractivity contribution in [2.45, 2.75) is 51.1 Å². The van der Waals surface area contributed by atoms with Gasteiger partial charge >= 0.3 is 6.09 Å². The van der Waals surface area contributed by atoms with E-state index in [1.807, 2.05) is 30.3 Å².